The van der Waals surface area contributed by atoms with Crippen LogP contribution in [-0.2, 0) is 4.74 Å². The van der Waals surface area contributed by atoms with Crippen LogP contribution in [0.2, 0.25) is 0 Å². The second-order valence-electron chi connectivity index (χ2n) is 5.25. The minimum atomic E-state index is -0.700. The fraction of sp³-hybridized carbons (Fsp3) is 0.235. The number of hydrogen-bond donors (Lipinski definition) is 1. The first-order valence-corrected chi connectivity index (χ1v) is 8.04. The molecule has 2 aromatic rings. The minimum absolute atomic E-state index is 0.142. The first-order chi connectivity index (χ1) is 13.5. The van der Waals surface area contributed by atoms with E-state index >= 15 is 0 Å². The van der Waals surface area contributed by atoms with E-state index in [4.69, 9.17) is 15.3 Å². The van der Waals surface area contributed by atoms with Crippen LogP contribution in [0.4, 0.5) is 23.0 Å². The van der Waals surface area contributed by atoms with Gasteiger partial charge in [-0.2, -0.15) is 10.5 Å². The first-order valence-electron chi connectivity index (χ1n) is 8.04. The fourth-order valence-electron chi connectivity index (χ4n) is 2.31. The molecule has 0 radical (unpaired) electrons. The van der Waals surface area contributed by atoms with Gasteiger partial charge in [0.2, 0.25) is 11.6 Å². The molecule has 0 bridgehead atoms. The van der Waals surface area contributed by atoms with E-state index in [9.17, 15) is 14.9 Å². The van der Waals surface area contributed by atoms with Crippen LogP contribution in [0.25, 0.3) is 0 Å². The Morgan fingerprint density at radius 2 is 2.04 bits per heavy atom. The van der Waals surface area contributed by atoms with Crippen molar-refractivity contribution >= 4 is 29.0 Å². The third-order valence-corrected chi connectivity index (χ3v) is 3.44. The van der Waals surface area contributed by atoms with Crippen molar-refractivity contribution in [2.75, 3.05) is 29.9 Å². The molecule has 0 unspecified atom stereocenters. The summed E-state index contributed by atoms with van der Waals surface area (Å²) in [6.45, 7) is 1.37. The van der Waals surface area contributed by atoms with Crippen molar-refractivity contribution in [3.05, 3.63) is 46.3 Å². The van der Waals surface area contributed by atoms with E-state index in [1.807, 2.05) is 12.1 Å². The molecular formula is C17H15N7O4. The number of hydrogen-bond acceptors (Lipinski definition) is 10. The second kappa shape index (κ2) is 9.45. The number of nitro groups is 1. The lowest BCUT2D eigenvalue weighted by Crippen LogP contribution is -2.26. The fourth-order valence-corrected chi connectivity index (χ4v) is 2.31. The quantitative estimate of drug-likeness (QED) is 0.311. The third kappa shape index (κ3) is 4.68. The van der Waals surface area contributed by atoms with E-state index < -0.39 is 16.6 Å². The zero-order valence-electron chi connectivity index (χ0n) is 14.8. The van der Waals surface area contributed by atoms with Crippen molar-refractivity contribution in [3.63, 3.8) is 0 Å². The van der Waals surface area contributed by atoms with Gasteiger partial charge in [-0.3, -0.25) is 10.1 Å². The highest BCUT2D eigenvalue weighted by Crippen LogP contribution is 2.33. The molecule has 142 valence electrons. The van der Waals surface area contributed by atoms with E-state index in [1.54, 1.807) is 25.1 Å². The number of nitrogens with zero attached hydrogens (tertiary/aromatic N) is 6. The van der Waals surface area contributed by atoms with Gasteiger partial charge in [0.1, 0.15) is 19.4 Å². The summed E-state index contributed by atoms with van der Waals surface area (Å²) in [7, 11) is 0. The third-order valence-electron chi connectivity index (χ3n) is 3.44. The van der Waals surface area contributed by atoms with Crippen LogP contribution in [0.1, 0.15) is 17.3 Å². The molecule has 1 N–H and O–H groups in total. The predicted octanol–water partition coefficient (Wildman–Crippen LogP) is 2.16. The maximum absolute atomic E-state index is 11.9. The maximum atomic E-state index is 11.9. The van der Waals surface area contributed by atoms with E-state index in [0.717, 1.165) is 6.33 Å². The number of benzene rings is 1. The Morgan fingerprint density at radius 3 is 2.64 bits per heavy atom. The summed E-state index contributed by atoms with van der Waals surface area (Å²) in [4.78, 5) is 31.7. The maximum Gasteiger partial charge on any atom is 0.353 e. The van der Waals surface area contributed by atoms with Crippen LogP contribution in [0.15, 0.2) is 30.6 Å². The Morgan fingerprint density at radius 1 is 1.32 bits per heavy atom. The summed E-state index contributed by atoms with van der Waals surface area (Å²) in [6, 6.07) is 9.86. The van der Waals surface area contributed by atoms with Gasteiger partial charge < -0.3 is 15.0 Å². The molecule has 0 aliphatic heterocycles. The van der Waals surface area contributed by atoms with Crippen LogP contribution in [-0.4, -0.2) is 40.6 Å². The topological polar surface area (TPSA) is 158 Å². The normalized spacial score (nSPS) is 9.68. The van der Waals surface area contributed by atoms with Crippen LogP contribution in [0.3, 0.4) is 0 Å². The van der Waals surface area contributed by atoms with Crippen LogP contribution in [0.5, 0.6) is 0 Å². The molecule has 1 aromatic heterocycles. The van der Waals surface area contributed by atoms with Crippen LogP contribution < -0.4 is 10.2 Å². The number of carbonyl (C=O) groups excluding carboxylic acids is 1. The summed E-state index contributed by atoms with van der Waals surface area (Å²) in [5.74, 6) is -0.831. The number of ether oxygens (including phenoxy) is 1. The minimum Gasteiger partial charge on any atom is -0.462 e. The highest BCUT2D eigenvalue weighted by Gasteiger charge is 2.27. The summed E-state index contributed by atoms with van der Waals surface area (Å²) < 4.78 is 4.93. The molecule has 1 heterocycles. The van der Waals surface area contributed by atoms with E-state index in [-0.39, 0.29) is 36.9 Å². The molecule has 0 fully saturated rings. The zero-order valence-corrected chi connectivity index (χ0v) is 14.8. The molecule has 0 spiro atoms. The van der Waals surface area contributed by atoms with E-state index in [1.165, 1.54) is 11.0 Å². The molecule has 0 saturated carbocycles. The lowest BCUT2D eigenvalue weighted by atomic mass is 10.2. The number of anilines is 3. The van der Waals surface area contributed by atoms with Gasteiger partial charge in [-0.1, -0.05) is 6.07 Å². The summed E-state index contributed by atoms with van der Waals surface area (Å²) in [5.41, 5.74) is 0.138. The average Bonchev–Trinajstić information content (AvgIpc) is 2.68. The first kappa shape index (κ1) is 20.1. The number of nitrogens with one attached hydrogen (secondary N) is 1. The summed E-state index contributed by atoms with van der Waals surface area (Å²) in [5, 5.41) is 32.2. The average molecular weight is 381 g/mol. The monoisotopic (exact) mass is 381 g/mol. The molecule has 11 heteroatoms. The van der Waals surface area contributed by atoms with Gasteiger partial charge in [0.05, 0.1) is 29.2 Å². The molecule has 28 heavy (non-hydrogen) atoms. The molecule has 0 saturated heterocycles. The predicted molar refractivity (Wildman–Crippen MR) is 97.8 cm³/mol. The lowest BCUT2D eigenvalue weighted by Gasteiger charge is -2.17. The van der Waals surface area contributed by atoms with Gasteiger partial charge in [-0.25, -0.2) is 14.8 Å². The molecule has 2 rings (SSSR count). The Hall–Kier alpha value is -4.25. The van der Waals surface area contributed by atoms with Crippen molar-refractivity contribution in [1.82, 2.24) is 9.97 Å². The summed E-state index contributed by atoms with van der Waals surface area (Å²) >= 11 is 0. The van der Waals surface area contributed by atoms with Gasteiger partial charge in [0.25, 0.3) is 0 Å². The Balaban J connectivity index is 2.44. The van der Waals surface area contributed by atoms with Gasteiger partial charge in [-0.15, -0.1) is 0 Å². The largest absolute Gasteiger partial charge is 0.462 e. The molecule has 0 amide bonds. The Kier molecular flexibility index (Phi) is 6.77. The number of aromatic nitrogens is 2. The van der Waals surface area contributed by atoms with Crippen LogP contribution >= 0.6 is 0 Å². The van der Waals surface area contributed by atoms with Crippen LogP contribution in [0, 0.1) is 32.8 Å². The number of esters is 1. The van der Waals surface area contributed by atoms with Crippen molar-refractivity contribution < 1.29 is 14.5 Å². The Bertz CT molecular complexity index is 949. The van der Waals surface area contributed by atoms with Crippen molar-refractivity contribution in [1.29, 1.82) is 10.5 Å². The van der Waals surface area contributed by atoms with E-state index in [2.05, 4.69) is 15.3 Å². The molecule has 11 nitrogen and oxygen atoms in total. The summed E-state index contributed by atoms with van der Waals surface area (Å²) in [6.07, 6.45) is 1.08. The number of rotatable bonds is 8. The number of carbonyl (C=O) groups is 1. The molecule has 0 aliphatic rings. The van der Waals surface area contributed by atoms with Crippen molar-refractivity contribution in [2.24, 2.45) is 0 Å². The van der Waals surface area contributed by atoms with Crippen molar-refractivity contribution in [3.8, 4) is 12.1 Å². The lowest BCUT2D eigenvalue weighted by molar-refractivity contribution is -0.383. The van der Waals surface area contributed by atoms with Gasteiger partial charge >= 0.3 is 11.7 Å². The SMILES string of the molecule is CCOC(=O)c1cccc(Nc2ncnc(N(CC#N)CC#N)c2[N+](=O)[O-])c1. The van der Waals surface area contributed by atoms with Gasteiger partial charge in [0.15, 0.2) is 0 Å². The molecular weight excluding hydrogens is 366 g/mol. The molecule has 0 aliphatic carbocycles. The number of nitriles is 2. The smallest absolute Gasteiger partial charge is 0.353 e. The molecule has 1 aromatic carbocycles. The van der Waals surface area contributed by atoms with Gasteiger partial charge in [-0.05, 0) is 25.1 Å². The second-order valence-corrected chi connectivity index (χ2v) is 5.25. The molecule has 0 atom stereocenters. The standard InChI is InChI=1S/C17H15N7O4/c1-2-28-17(25)12-4-3-5-13(10-12)22-15-14(24(26)27)16(21-11-20-15)23(8-6-18)9-7-19/h3-5,10-11H,2,8-9H2,1H3,(H,20,21,22). The Labute approximate surface area is 160 Å². The zero-order chi connectivity index (χ0) is 20.5. The van der Waals surface area contributed by atoms with Gasteiger partial charge in [0, 0.05) is 5.69 Å². The van der Waals surface area contributed by atoms with E-state index in [0.29, 0.717) is 5.69 Å². The highest BCUT2D eigenvalue weighted by molar-refractivity contribution is 5.91. The van der Waals surface area contributed by atoms with Crippen molar-refractivity contribution in [2.45, 2.75) is 6.92 Å². The highest BCUT2D eigenvalue weighted by atomic mass is 16.6.